The predicted octanol–water partition coefficient (Wildman–Crippen LogP) is 3.93. The summed E-state index contributed by atoms with van der Waals surface area (Å²) in [6, 6.07) is 4.47. The lowest BCUT2D eigenvalue weighted by Crippen LogP contribution is -2.45. The van der Waals surface area contributed by atoms with Crippen molar-refractivity contribution in [3.05, 3.63) is 28.8 Å². The molecule has 0 spiro atoms. The van der Waals surface area contributed by atoms with Crippen molar-refractivity contribution >= 4 is 5.91 Å². The Morgan fingerprint density at radius 3 is 2.45 bits per heavy atom. The number of hydrogen-bond acceptors (Lipinski definition) is 2. The quantitative estimate of drug-likeness (QED) is 0.915. The number of rotatable bonds is 4. The third-order valence-electron chi connectivity index (χ3n) is 5.01. The minimum atomic E-state index is -0.00896. The Balaban J connectivity index is 1.91. The number of aryl methyl sites for hydroxylation is 3. The zero-order valence-electron chi connectivity index (χ0n) is 14.5. The van der Waals surface area contributed by atoms with Gasteiger partial charge in [-0.05, 0) is 50.2 Å². The van der Waals surface area contributed by atoms with E-state index in [-0.39, 0.29) is 12.5 Å². The average molecular weight is 303 g/mol. The molecule has 1 saturated carbocycles. The van der Waals surface area contributed by atoms with E-state index in [0.717, 1.165) is 23.3 Å². The molecule has 0 bridgehead atoms. The molecule has 1 aromatic carbocycles. The van der Waals surface area contributed by atoms with Crippen LogP contribution in [0.1, 0.15) is 49.8 Å². The van der Waals surface area contributed by atoms with Crippen LogP contribution in [0.3, 0.4) is 0 Å². The summed E-state index contributed by atoms with van der Waals surface area (Å²) in [5.74, 6) is 2.05. The molecule has 3 unspecified atom stereocenters. The lowest BCUT2D eigenvalue weighted by Gasteiger charge is -2.34. The first-order valence-electron chi connectivity index (χ1n) is 8.38. The third-order valence-corrected chi connectivity index (χ3v) is 5.01. The fourth-order valence-electron chi connectivity index (χ4n) is 3.57. The molecule has 2 rings (SSSR count). The van der Waals surface area contributed by atoms with Crippen molar-refractivity contribution in [2.24, 2.45) is 11.8 Å². The highest BCUT2D eigenvalue weighted by Crippen LogP contribution is 2.29. The molecule has 1 amide bonds. The Labute approximate surface area is 134 Å². The number of carbonyl (C=O) groups excluding carboxylic acids is 1. The van der Waals surface area contributed by atoms with E-state index < -0.39 is 0 Å². The summed E-state index contributed by atoms with van der Waals surface area (Å²) in [7, 11) is 0. The Hall–Kier alpha value is -1.51. The SMILES string of the molecule is Cc1cc(C)c(OCC(=O)NC2CCCC(C)C2C)c(C)c1. The first-order valence-corrected chi connectivity index (χ1v) is 8.38. The van der Waals surface area contributed by atoms with Crippen molar-refractivity contribution in [2.75, 3.05) is 6.61 Å². The fourth-order valence-corrected chi connectivity index (χ4v) is 3.57. The third kappa shape index (κ3) is 4.02. The van der Waals surface area contributed by atoms with Gasteiger partial charge in [0.1, 0.15) is 5.75 Å². The number of hydrogen-bond donors (Lipinski definition) is 1. The van der Waals surface area contributed by atoms with Crippen LogP contribution in [0.15, 0.2) is 12.1 Å². The topological polar surface area (TPSA) is 38.3 Å². The van der Waals surface area contributed by atoms with Crippen LogP contribution < -0.4 is 10.1 Å². The summed E-state index contributed by atoms with van der Waals surface area (Å²) in [4.78, 5) is 12.2. The van der Waals surface area contributed by atoms with Gasteiger partial charge < -0.3 is 10.1 Å². The number of carbonyl (C=O) groups is 1. The average Bonchev–Trinajstić information content (AvgIpc) is 2.42. The first-order chi connectivity index (χ1) is 10.4. The van der Waals surface area contributed by atoms with Crippen LogP contribution in [-0.4, -0.2) is 18.6 Å². The second-order valence-electron chi connectivity index (χ2n) is 6.96. The second kappa shape index (κ2) is 7.17. The van der Waals surface area contributed by atoms with Crippen LogP contribution in [-0.2, 0) is 4.79 Å². The highest BCUT2D eigenvalue weighted by Gasteiger charge is 2.28. The van der Waals surface area contributed by atoms with E-state index in [1.807, 2.05) is 13.8 Å². The monoisotopic (exact) mass is 303 g/mol. The largest absolute Gasteiger partial charge is 0.483 e. The Bertz CT molecular complexity index is 515. The Morgan fingerprint density at radius 1 is 1.18 bits per heavy atom. The number of nitrogens with one attached hydrogen (secondary N) is 1. The Kier molecular flexibility index (Phi) is 5.49. The maximum atomic E-state index is 12.2. The van der Waals surface area contributed by atoms with Gasteiger partial charge in [-0.1, -0.05) is 44.4 Å². The lowest BCUT2D eigenvalue weighted by atomic mass is 9.78. The van der Waals surface area contributed by atoms with Crippen LogP contribution >= 0.6 is 0 Å². The molecule has 1 aliphatic carbocycles. The van der Waals surface area contributed by atoms with Crippen LogP contribution in [0, 0.1) is 32.6 Å². The van der Waals surface area contributed by atoms with Gasteiger partial charge in [-0.25, -0.2) is 0 Å². The molecule has 0 radical (unpaired) electrons. The summed E-state index contributed by atoms with van der Waals surface area (Å²) in [5, 5.41) is 3.16. The molecule has 1 N–H and O–H groups in total. The molecule has 0 aliphatic heterocycles. The zero-order chi connectivity index (χ0) is 16.3. The maximum absolute atomic E-state index is 12.2. The van der Waals surface area contributed by atoms with Crippen molar-refractivity contribution in [1.29, 1.82) is 0 Å². The maximum Gasteiger partial charge on any atom is 0.258 e. The van der Waals surface area contributed by atoms with Crippen LogP contribution in [0.2, 0.25) is 0 Å². The van der Waals surface area contributed by atoms with Gasteiger partial charge >= 0.3 is 0 Å². The Morgan fingerprint density at radius 2 is 1.82 bits per heavy atom. The molecule has 1 fully saturated rings. The van der Waals surface area contributed by atoms with Gasteiger partial charge in [0.15, 0.2) is 6.61 Å². The summed E-state index contributed by atoms with van der Waals surface area (Å²) in [6.07, 6.45) is 3.55. The normalized spacial score (nSPS) is 24.9. The highest BCUT2D eigenvalue weighted by molar-refractivity contribution is 5.78. The fraction of sp³-hybridized carbons (Fsp3) is 0.632. The van der Waals surface area contributed by atoms with Gasteiger partial charge in [-0.3, -0.25) is 4.79 Å². The summed E-state index contributed by atoms with van der Waals surface area (Å²) in [6.45, 7) is 10.7. The molecule has 0 aromatic heterocycles. The van der Waals surface area contributed by atoms with E-state index in [2.05, 4.69) is 38.2 Å². The molecule has 122 valence electrons. The molecule has 3 heteroatoms. The van der Waals surface area contributed by atoms with Gasteiger partial charge in [0.05, 0.1) is 0 Å². The number of amides is 1. The van der Waals surface area contributed by atoms with Crippen molar-refractivity contribution in [3.8, 4) is 5.75 Å². The van der Waals surface area contributed by atoms with Gasteiger partial charge in [-0.15, -0.1) is 0 Å². The molecule has 0 heterocycles. The molecule has 22 heavy (non-hydrogen) atoms. The van der Waals surface area contributed by atoms with E-state index in [4.69, 9.17) is 4.74 Å². The molecule has 1 aliphatic rings. The molecule has 3 atom stereocenters. The molecular formula is C19H29NO2. The lowest BCUT2D eigenvalue weighted by molar-refractivity contribution is -0.124. The van der Waals surface area contributed by atoms with Gasteiger partial charge in [-0.2, -0.15) is 0 Å². The van der Waals surface area contributed by atoms with Crippen LogP contribution in [0.5, 0.6) is 5.75 Å². The summed E-state index contributed by atoms with van der Waals surface area (Å²) >= 11 is 0. The smallest absolute Gasteiger partial charge is 0.258 e. The van der Waals surface area contributed by atoms with Crippen molar-refractivity contribution in [2.45, 2.75) is 59.9 Å². The van der Waals surface area contributed by atoms with E-state index in [9.17, 15) is 4.79 Å². The number of benzene rings is 1. The van der Waals surface area contributed by atoms with Gasteiger partial charge in [0.25, 0.3) is 5.91 Å². The molecule has 3 nitrogen and oxygen atoms in total. The second-order valence-corrected chi connectivity index (χ2v) is 6.96. The molecular weight excluding hydrogens is 274 g/mol. The van der Waals surface area contributed by atoms with E-state index in [0.29, 0.717) is 17.9 Å². The minimum Gasteiger partial charge on any atom is -0.483 e. The highest BCUT2D eigenvalue weighted by atomic mass is 16.5. The van der Waals surface area contributed by atoms with E-state index in [1.54, 1.807) is 0 Å². The van der Waals surface area contributed by atoms with Gasteiger partial charge in [0, 0.05) is 6.04 Å². The standard InChI is InChI=1S/C19H29NO2/c1-12-9-14(3)19(15(4)10-12)22-11-18(21)20-17-8-6-7-13(2)16(17)5/h9-10,13,16-17H,6-8,11H2,1-5H3,(H,20,21). The predicted molar refractivity (Wildman–Crippen MR) is 90.3 cm³/mol. The van der Waals surface area contributed by atoms with E-state index in [1.165, 1.54) is 18.4 Å². The zero-order valence-corrected chi connectivity index (χ0v) is 14.5. The molecule has 1 aromatic rings. The number of ether oxygens (including phenoxy) is 1. The van der Waals surface area contributed by atoms with Crippen LogP contribution in [0.25, 0.3) is 0 Å². The summed E-state index contributed by atoms with van der Waals surface area (Å²) in [5.41, 5.74) is 3.40. The van der Waals surface area contributed by atoms with Crippen molar-refractivity contribution < 1.29 is 9.53 Å². The molecule has 0 saturated heterocycles. The van der Waals surface area contributed by atoms with E-state index >= 15 is 0 Å². The first kappa shape index (κ1) is 16.9. The summed E-state index contributed by atoms with van der Waals surface area (Å²) < 4.78 is 5.78. The van der Waals surface area contributed by atoms with Gasteiger partial charge in [0.2, 0.25) is 0 Å². The van der Waals surface area contributed by atoms with Crippen molar-refractivity contribution in [1.82, 2.24) is 5.32 Å². The van der Waals surface area contributed by atoms with Crippen LogP contribution in [0.4, 0.5) is 0 Å². The minimum absolute atomic E-state index is 0.00896. The van der Waals surface area contributed by atoms with Crippen molar-refractivity contribution in [3.63, 3.8) is 0 Å².